The van der Waals surface area contributed by atoms with Crippen molar-refractivity contribution in [1.82, 2.24) is 14.8 Å². The fourth-order valence-electron chi connectivity index (χ4n) is 1.57. The summed E-state index contributed by atoms with van der Waals surface area (Å²) in [6.45, 7) is 2.60. The maximum Gasteiger partial charge on any atom is 0.377 e. The highest BCUT2D eigenvalue weighted by molar-refractivity contribution is 5.84. The van der Waals surface area contributed by atoms with Crippen molar-refractivity contribution in [2.24, 2.45) is 0 Å². The van der Waals surface area contributed by atoms with Gasteiger partial charge >= 0.3 is 5.97 Å². The van der Waals surface area contributed by atoms with Crippen LogP contribution in [0, 0.1) is 0 Å². The molecule has 2 N–H and O–H groups in total. The van der Waals surface area contributed by atoms with E-state index >= 15 is 0 Å². The predicted molar refractivity (Wildman–Crippen MR) is 72.9 cm³/mol. The average Bonchev–Trinajstić information content (AvgIpc) is 2.95. The van der Waals surface area contributed by atoms with E-state index in [9.17, 15) is 4.79 Å². The summed E-state index contributed by atoms with van der Waals surface area (Å²) in [4.78, 5) is 15.2. The Bertz CT molecular complexity index is 609. The Kier molecular flexibility index (Phi) is 4.19. The highest BCUT2D eigenvalue weighted by atomic mass is 16.5. The van der Waals surface area contributed by atoms with Crippen LogP contribution in [-0.4, -0.2) is 34.5 Å². The Morgan fingerprint density at radius 1 is 1.45 bits per heavy atom. The summed E-state index contributed by atoms with van der Waals surface area (Å²) >= 11 is 0. The second kappa shape index (κ2) is 6.05. The van der Waals surface area contributed by atoms with Crippen LogP contribution in [0.4, 0.5) is 5.69 Å². The Morgan fingerprint density at radius 2 is 2.25 bits per heavy atom. The number of ether oxygens (including phenoxy) is 2. The van der Waals surface area contributed by atoms with E-state index in [2.05, 4.69) is 14.8 Å². The van der Waals surface area contributed by atoms with Crippen LogP contribution in [0.15, 0.2) is 24.5 Å². The first-order valence-corrected chi connectivity index (χ1v) is 6.18. The van der Waals surface area contributed by atoms with E-state index in [1.165, 1.54) is 18.1 Å². The molecule has 0 saturated carbocycles. The first-order valence-electron chi connectivity index (χ1n) is 6.18. The van der Waals surface area contributed by atoms with Gasteiger partial charge in [-0.05, 0) is 18.6 Å². The van der Waals surface area contributed by atoms with Crippen molar-refractivity contribution in [2.75, 3.05) is 19.5 Å². The molecule has 20 heavy (non-hydrogen) atoms. The molecule has 0 aliphatic carbocycles. The molecule has 1 aromatic carbocycles. The fraction of sp³-hybridized carbons (Fsp3) is 0.308. The third kappa shape index (κ3) is 2.87. The summed E-state index contributed by atoms with van der Waals surface area (Å²) in [6, 6.07) is 5.24. The molecule has 7 nitrogen and oxygen atoms in total. The fourth-order valence-corrected chi connectivity index (χ4v) is 1.57. The van der Waals surface area contributed by atoms with E-state index < -0.39 is 5.97 Å². The third-order valence-electron chi connectivity index (χ3n) is 2.58. The molecule has 0 spiro atoms. The zero-order valence-corrected chi connectivity index (χ0v) is 11.4. The number of nitrogens with zero attached hydrogens (tertiary/aromatic N) is 3. The minimum absolute atomic E-state index is 0.000326. The van der Waals surface area contributed by atoms with Crippen LogP contribution >= 0.6 is 0 Å². The van der Waals surface area contributed by atoms with Gasteiger partial charge in [-0.3, -0.25) is 0 Å². The largest absolute Gasteiger partial charge is 0.491 e. The van der Waals surface area contributed by atoms with Gasteiger partial charge in [-0.1, -0.05) is 6.92 Å². The van der Waals surface area contributed by atoms with E-state index in [1.54, 1.807) is 18.2 Å². The number of carbonyl (C=O) groups is 1. The lowest BCUT2D eigenvalue weighted by molar-refractivity contribution is 0.0587. The van der Waals surface area contributed by atoms with E-state index in [0.29, 0.717) is 23.7 Å². The van der Waals surface area contributed by atoms with Gasteiger partial charge in [0.05, 0.1) is 25.1 Å². The van der Waals surface area contributed by atoms with E-state index in [-0.39, 0.29) is 5.82 Å². The van der Waals surface area contributed by atoms with Crippen LogP contribution in [0.1, 0.15) is 24.0 Å². The standard InChI is InChI=1S/C13H16N4O3/c1-3-6-20-11-7-9(4-5-10(11)14)17-8-15-12(16-17)13(18)19-2/h4-5,7-8H,3,6,14H2,1-2H3. The molecule has 106 valence electrons. The van der Waals surface area contributed by atoms with Crippen LogP contribution < -0.4 is 10.5 Å². The summed E-state index contributed by atoms with van der Waals surface area (Å²) in [5, 5.41) is 4.04. The highest BCUT2D eigenvalue weighted by Crippen LogP contribution is 2.24. The van der Waals surface area contributed by atoms with Gasteiger partial charge in [0.2, 0.25) is 0 Å². The molecule has 0 bridgehead atoms. The minimum atomic E-state index is -0.582. The summed E-state index contributed by atoms with van der Waals surface area (Å²) in [7, 11) is 1.28. The second-order valence-corrected chi connectivity index (χ2v) is 4.07. The minimum Gasteiger partial charge on any atom is -0.491 e. The summed E-state index contributed by atoms with van der Waals surface area (Å²) in [5.41, 5.74) is 7.09. The molecule has 2 aromatic rings. The zero-order valence-electron chi connectivity index (χ0n) is 11.4. The Balaban J connectivity index is 2.28. The number of methoxy groups -OCH3 is 1. The molecule has 0 radical (unpaired) electrons. The van der Waals surface area contributed by atoms with Crippen LogP contribution in [0.5, 0.6) is 5.75 Å². The lowest BCUT2D eigenvalue weighted by Gasteiger charge is -2.09. The number of aromatic nitrogens is 3. The Morgan fingerprint density at radius 3 is 2.95 bits per heavy atom. The van der Waals surface area contributed by atoms with Gasteiger partial charge in [-0.25, -0.2) is 14.5 Å². The summed E-state index contributed by atoms with van der Waals surface area (Å²) in [6.07, 6.45) is 2.32. The lowest BCUT2D eigenvalue weighted by atomic mass is 10.2. The van der Waals surface area contributed by atoms with Gasteiger partial charge in [0, 0.05) is 6.07 Å². The van der Waals surface area contributed by atoms with Crippen LogP contribution in [0.3, 0.4) is 0 Å². The van der Waals surface area contributed by atoms with Crippen molar-refractivity contribution in [3.05, 3.63) is 30.4 Å². The van der Waals surface area contributed by atoms with Crippen molar-refractivity contribution < 1.29 is 14.3 Å². The molecule has 0 amide bonds. The number of hydrogen-bond acceptors (Lipinski definition) is 6. The molecule has 0 aliphatic rings. The molecule has 1 aromatic heterocycles. The lowest BCUT2D eigenvalue weighted by Crippen LogP contribution is -2.05. The molecule has 2 rings (SSSR count). The summed E-state index contributed by atoms with van der Waals surface area (Å²) < 4.78 is 11.6. The number of anilines is 1. The van der Waals surface area contributed by atoms with Gasteiger partial charge in [-0.15, -0.1) is 5.10 Å². The van der Waals surface area contributed by atoms with E-state index in [4.69, 9.17) is 10.5 Å². The SMILES string of the molecule is CCCOc1cc(-n2cnc(C(=O)OC)n2)ccc1N. The van der Waals surface area contributed by atoms with Crippen molar-refractivity contribution >= 4 is 11.7 Å². The van der Waals surface area contributed by atoms with Crippen LogP contribution in [0.25, 0.3) is 5.69 Å². The van der Waals surface area contributed by atoms with Gasteiger partial charge in [0.1, 0.15) is 12.1 Å². The molecule has 1 heterocycles. The maximum absolute atomic E-state index is 11.3. The van der Waals surface area contributed by atoms with Gasteiger partial charge < -0.3 is 15.2 Å². The predicted octanol–water partition coefficient (Wildman–Crippen LogP) is 1.42. The van der Waals surface area contributed by atoms with Crippen molar-refractivity contribution in [2.45, 2.75) is 13.3 Å². The highest BCUT2D eigenvalue weighted by Gasteiger charge is 2.12. The van der Waals surface area contributed by atoms with Crippen molar-refractivity contribution in [3.63, 3.8) is 0 Å². The number of carbonyl (C=O) groups excluding carboxylic acids is 1. The molecular weight excluding hydrogens is 260 g/mol. The molecule has 7 heteroatoms. The van der Waals surface area contributed by atoms with Crippen LogP contribution in [-0.2, 0) is 4.74 Å². The second-order valence-electron chi connectivity index (χ2n) is 4.07. The first-order chi connectivity index (χ1) is 9.65. The molecule has 0 atom stereocenters. The maximum atomic E-state index is 11.3. The molecule has 0 aliphatic heterocycles. The van der Waals surface area contributed by atoms with Gasteiger partial charge in [0.15, 0.2) is 0 Å². The van der Waals surface area contributed by atoms with E-state index in [1.807, 2.05) is 6.92 Å². The van der Waals surface area contributed by atoms with Crippen molar-refractivity contribution in [3.8, 4) is 11.4 Å². The number of nitrogen functional groups attached to an aromatic ring is 1. The smallest absolute Gasteiger partial charge is 0.377 e. The number of rotatable bonds is 5. The number of nitrogens with two attached hydrogens (primary N) is 1. The molecule has 0 fully saturated rings. The van der Waals surface area contributed by atoms with Gasteiger partial charge in [0.25, 0.3) is 5.82 Å². The van der Waals surface area contributed by atoms with Gasteiger partial charge in [-0.2, -0.15) is 0 Å². The monoisotopic (exact) mass is 276 g/mol. The molecule has 0 saturated heterocycles. The number of esters is 1. The first kappa shape index (κ1) is 13.9. The van der Waals surface area contributed by atoms with Crippen molar-refractivity contribution in [1.29, 1.82) is 0 Å². The Hall–Kier alpha value is -2.57. The molecule has 0 unspecified atom stereocenters. The molecular formula is C13H16N4O3. The zero-order chi connectivity index (χ0) is 14.5. The summed E-state index contributed by atoms with van der Waals surface area (Å²) in [5.74, 6) is 0.00136. The van der Waals surface area contributed by atoms with Crippen LogP contribution in [0.2, 0.25) is 0 Å². The average molecular weight is 276 g/mol. The number of benzene rings is 1. The normalized spacial score (nSPS) is 10.3. The topological polar surface area (TPSA) is 92.3 Å². The number of hydrogen-bond donors (Lipinski definition) is 1. The quantitative estimate of drug-likeness (QED) is 0.656. The Labute approximate surface area is 116 Å². The van der Waals surface area contributed by atoms with E-state index in [0.717, 1.165) is 6.42 Å². The third-order valence-corrected chi connectivity index (χ3v) is 2.58.